The third kappa shape index (κ3) is 3.75. The van der Waals surface area contributed by atoms with Crippen LogP contribution in [0.3, 0.4) is 0 Å². The molecule has 1 unspecified atom stereocenters. The van der Waals surface area contributed by atoms with E-state index in [1.54, 1.807) is 0 Å². The monoisotopic (exact) mass is 197 g/mol. The summed E-state index contributed by atoms with van der Waals surface area (Å²) < 4.78 is 37.6. The van der Waals surface area contributed by atoms with E-state index in [9.17, 15) is 18.0 Å². The molecule has 0 bridgehead atoms. The van der Waals surface area contributed by atoms with Crippen molar-refractivity contribution >= 4 is 5.97 Å². The van der Waals surface area contributed by atoms with Crippen LogP contribution in [-0.2, 0) is 9.53 Å². The summed E-state index contributed by atoms with van der Waals surface area (Å²) in [5, 5.41) is 16.6. The van der Waals surface area contributed by atoms with Crippen LogP contribution in [-0.4, -0.2) is 24.0 Å². The summed E-state index contributed by atoms with van der Waals surface area (Å²) in [4.78, 5) is 10.3. The van der Waals surface area contributed by atoms with Crippen LogP contribution in [0.4, 0.5) is 13.2 Å². The van der Waals surface area contributed by atoms with Gasteiger partial charge in [0.1, 0.15) is 0 Å². The molecule has 0 amide bonds. The van der Waals surface area contributed by atoms with Crippen LogP contribution in [0.15, 0.2) is 0 Å². The Morgan fingerprint density at radius 2 is 2.08 bits per heavy atom. The maximum Gasteiger partial charge on any atom is 0.522 e. The smallest absolute Gasteiger partial charge is 0.480 e. The molecule has 0 rings (SSSR count). The molecule has 1 N–H and O–H groups in total. The summed E-state index contributed by atoms with van der Waals surface area (Å²) >= 11 is 0. The first-order valence-corrected chi connectivity index (χ1v) is 3.06. The molecule has 0 aliphatic heterocycles. The van der Waals surface area contributed by atoms with E-state index < -0.39 is 24.4 Å². The van der Waals surface area contributed by atoms with Gasteiger partial charge in [-0.3, -0.25) is 9.53 Å². The molecule has 0 heterocycles. The zero-order valence-electron chi connectivity index (χ0n) is 6.55. The van der Waals surface area contributed by atoms with Crippen molar-refractivity contribution in [1.82, 2.24) is 0 Å². The van der Waals surface area contributed by atoms with Gasteiger partial charge in [0.25, 0.3) is 0 Å². The fraction of sp³-hybridized carbons (Fsp3) is 0.667. The van der Waals surface area contributed by atoms with Gasteiger partial charge in [0.05, 0.1) is 12.7 Å². The van der Waals surface area contributed by atoms with E-state index in [0.29, 0.717) is 0 Å². The molecule has 1 atom stereocenters. The molecule has 0 aromatic heterocycles. The van der Waals surface area contributed by atoms with Crippen LogP contribution in [0, 0.1) is 16.7 Å². The third-order valence-corrected chi connectivity index (χ3v) is 1.24. The molecule has 0 aliphatic rings. The number of nitriles is 1. The first-order chi connectivity index (χ1) is 5.71. The second-order valence-electron chi connectivity index (χ2n) is 2.48. The number of halogens is 3. The minimum atomic E-state index is -4.92. The highest BCUT2D eigenvalue weighted by Crippen LogP contribution is 2.23. The maximum atomic E-state index is 11.5. The number of ether oxygens (including phenoxy) is 1. The number of hydrogen-bond acceptors (Lipinski definition) is 3. The van der Waals surface area contributed by atoms with Crippen LogP contribution >= 0.6 is 0 Å². The average Bonchev–Trinajstić information content (AvgIpc) is 1.98. The van der Waals surface area contributed by atoms with Crippen molar-refractivity contribution < 1.29 is 27.8 Å². The summed E-state index contributed by atoms with van der Waals surface area (Å²) in [6.07, 6.45) is -4.92. The van der Waals surface area contributed by atoms with Crippen LogP contribution in [0.5, 0.6) is 0 Å². The normalized spacial score (nSPS) is 15.9. The predicted octanol–water partition coefficient (Wildman–Crippen LogP) is 1.14. The molecule has 0 aromatic rings. The number of rotatable bonds is 3. The van der Waals surface area contributed by atoms with Gasteiger partial charge in [-0.15, -0.1) is 13.2 Å². The van der Waals surface area contributed by atoms with Gasteiger partial charge in [-0.1, -0.05) is 0 Å². The van der Waals surface area contributed by atoms with Crippen molar-refractivity contribution in [2.45, 2.75) is 13.3 Å². The number of hydrogen-bond donors (Lipinski definition) is 1. The SMILES string of the molecule is CC(C#N)(COC(F)(F)F)C(=O)O. The highest BCUT2D eigenvalue weighted by Gasteiger charge is 2.39. The predicted molar refractivity (Wildman–Crippen MR) is 33.4 cm³/mol. The van der Waals surface area contributed by atoms with E-state index in [0.717, 1.165) is 6.92 Å². The lowest BCUT2D eigenvalue weighted by Gasteiger charge is -2.16. The van der Waals surface area contributed by atoms with Gasteiger partial charge < -0.3 is 5.11 Å². The molecule has 4 nitrogen and oxygen atoms in total. The molecule has 7 heteroatoms. The summed E-state index contributed by atoms with van der Waals surface area (Å²) in [6, 6.07) is 1.23. The first kappa shape index (κ1) is 11.7. The van der Waals surface area contributed by atoms with Gasteiger partial charge in [0.15, 0.2) is 5.41 Å². The molecule has 0 aromatic carbocycles. The van der Waals surface area contributed by atoms with Crippen molar-refractivity contribution in [3.8, 4) is 6.07 Å². The largest absolute Gasteiger partial charge is 0.522 e. The number of alkyl halides is 3. The zero-order chi connectivity index (χ0) is 10.7. The second kappa shape index (κ2) is 3.62. The topological polar surface area (TPSA) is 70.3 Å². The molecule has 0 saturated carbocycles. The van der Waals surface area contributed by atoms with Crippen LogP contribution in [0.1, 0.15) is 6.92 Å². The van der Waals surface area contributed by atoms with Crippen LogP contribution < -0.4 is 0 Å². The standard InChI is InChI=1S/C6H6F3NO3/c1-5(2-10,4(11)12)3-13-6(7,8)9/h3H2,1H3,(H,11,12). The number of carbonyl (C=O) groups is 1. The highest BCUT2D eigenvalue weighted by atomic mass is 19.4. The van der Waals surface area contributed by atoms with Gasteiger partial charge in [-0.05, 0) is 6.92 Å². The minimum Gasteiger partial charge on any atom is -0.480 e. The van der Waals surface area contributed by atoms with E-state index in [1.807, 2.05) is 0 Å². The lowest BCUT2D eigenvalue weighted by molar-refractivity contribution is -0.329. The molecule has 74 valence electrons. The van der Waals surface area contributed by atoms with Gasteiger partial charge in [0.2, 0.25) is 0 Å². The maximum absolute atomic E-state index is 11.5. The second-order valence-corrected chi connectivity index (χ2v) is 2.48. The van der Waals surface area contributed by atoms with Crippen molar-refractivity contribution in [1.29, 1.82) is 5.26 Å². The van der Waals surface area contributed by atoms with Gasteiger partial charge in [0, 0.05) is 0 Å². The molecule has 0 radical (unpaired) electrons. The van der Waals surface area contributed by atoms with Crippen LogP contribution in [0.2, 0.25) is 0 Å². The van der Waals surface area contributed by atoms with E-state index in [2.05, 4.69) is 4.74 Å². The van der Waals surface area contributed by atoms with E-state index >= 15 is 0 Å². The van der Waals surface area contributed by atoms with E-state index in [4.69, 9.17) is 10.4 Å². The van der Waals surface area contributed by atoms with Crippen molar-refractivity contribution in [2.75, 3.05) is 6.61 Å². The fourth-order valence-corrected chi connectivity index (χ4v) is 0.368. The van der Waals surface area contributed by atoms with E-state index in [1.165, 1.54) is 6.07 Å². The van der Waals surface area contributed by atoms with Gasteiger partial charge in [-0.25, -0.2) is 0 Å². The number of nitrogens with zero attached hydrogens (tertiary/aromatic N) is 1. The fourth-order valence-electron chi connectivity index (χ4n) is 0.368. The highest BCUT2D eigenvalue weighted by molar-refractivity contribution is 5.77. The Bertz CT molecular complexity index is 244. The van der Waals surface area contributed by atoms with Crippen molar-refractivity contribution in [3.63, 3.8) is 0 Å². The summed E-state index contributed by atoms with van der Waals surface area (Å²) in [5.74, 6) is -1.65. The number of aliphatic carboxylic acids is 1. The Kier molecular flexibility index (Phi) is 3.26. The minimum absolute atomic E-state index is 0.848. The number of carboxylic acid groups (broad SMARTS) is 1. The molecule has 13 heavy (non-hydrogen) atoms. The Morgan fingerprint density at radius 3 is 2.31 bits per heavy atom. The Morgan fingerprint density at radius 1 is 1.62 bits per heavy atom. The van der Waals surface area contributed by atoms with Crippen molar-refractivity contribution in [3.05, 3.63) is 0 Å². The average molecular weight is 197 g/mol. The molecule has 0 aliphatic carbocycles. The summed E-state index contributed by atoms with van der Waals surface area (Å²) in [6.45, 7) is -0.372. The Hall–Kier alpha value is -1.29. The Balaban J connectivity index is 4.34. The van der Waals surface area contributed by atoms with Gasteiger partial charge in [-0.2, -0.15) is 5.26 Å². The lowest BCUT2D eigenvalue weighted by Crippen LogP contribution is -2.33. The van der Waals surface area contributed by atoms with Gasteiger partial charge >= 0.3 is 12.3 Å². The quantitative estimate of drug-likeness (QED) is 0.736. The Labute approximate surface area is 71.5 Å². The molecule has 0 fully saturated rings. The lowest BCUT2D eigenvalue weighted by atomic mass is 9.94. The summed E-state index contributed by atoms with van der Waals surface area (Å²) in [5.41, 5.74) is -2.17. The summed E-state index contributed by atoms with van der Waals surface area (Å²) in [7, 11) is 0. The molecule has 0 saturated heterocycles. The molecular formula is C6H6F3NO3. The third-order valence-electron chi connectivity index (χ3n) is 1.24. The van der Waals surface area contributed by atoms with Crippen molar-refractivity contribution in [2.24, 2.45) is 5.41 Å². The van der Waals surface area contributed by atoms with Crippen LogP contribution in [0.25, 0.3) is 0 Å². The zero-order valence-corrected chi connectivity index (χ0v) is 6.55. The van der Waals surface area contributed by atoms with E-state index in [-0.39, 0.29) is 0 Å². The molecular weight excluding hydrogens is 191 g/mol. The first-order valence-electron chi connectivity index (χ1n) is 3.06. The molecule has 0 spiro atoms. The number of carboxylic acids is 1.